The highest BCUT2D eigenvalue weighted by Crippen LogP contribution is 2.46. The van der Waals surface area contributed by atoms with Crippen LogP contribution in [0.1, 0.15) is 18.4 Å². The van der Waals surface area contributed by atoms with Crippen LogP contribution in [0.25, 0.3) is 6.08 Å². The average molecular weight is 169 g/mol. The van der Waals surface area contributed by atoms with E-state index >= 15 is 0 Å². The molecule has 1 aliphatic rings. The van der Waals surface area contributed by atoms with Gasteiger partial charge in [-0.25, -0.2) is 0 Å². The van der Waals surface area contributed by atoms with Gasteiger partial charge in [0.05, 0.1) is 11.5 Å². The molecule has 1 aromatic carbocycles. The van der Waals surface area contributed by atoms with Gasteiger partial charge in [0.15, 0.2) is 0 Å². The Morgan fingerprint density at radius 1 is 1.23 bits per heavy atom. The van der Waals surface area contributed by atoms with Gasteiger partial charge >= 0.3 is 0 Å². The maximum atomic E-state index is 8.83. The molecule has 0 saturated heterocycles. The van der Waals surface area contributed by atoms with Gasteiger partial charge in [0.1, 0.15) is 0 Å². The minimum atomic E-state index is -0.129. The van der Waals surface area contributed by atoms with Crippen LogP contribution in [0, 0.1) is 16.7 Å². The molecule has 1 heteroatoms. The molecule has 0 radical (unpaired) electrons. The van der Waals surface area contributed by atoms with Crippen LogP contribution in [0.3, 0.4) is 0 Å². The monoisotopic (exact) mass is 169 g/mol. The Balaban J connectivity index is 2.11. The predicted octanol–water partition coefficient (Wildman–Crippen LogP) is 3.00. The lowest BCUT2D eigenvalue weighted by Crippen LogP contribution is -1.87. The Labute approximate surface area is 78.3 Å². The van der Waals surface area contributed by atoms with E-state index in [1.54, 1.807) is 0 Å². The summed E-state index contributed by atoms with van der Waals surface area (Å²) in [5.74, 6) is 0. The normalized spacial score (nSPS) is 18.4. The highest BCUT2D eigenvalue weighted by molar-refractivity contribution is 5.51. The van der Waals surface area contributed by atoms with E-state index in [9.17, 15) is 0 Å². The molecule has 0 heterocycles. The van der Waals surface area contributed by atoms with E-state index in [2.05, 4.69) is 6.07 Å². The molecule has 1 aliphatic carbocycles. The van der Waals surface area contributed by atoms with Gasteiger partial charge in [0.2, 0.25) is 0 Å². The Kier molecular flexibility index (Phi) is 1.90. The topological polar surface area (TPSA) is 23.8 Å². The number of benzene rings is 1. The van der Waals surface area contributed by atoms with Gasteiger partial charge < -0.3 is 0 Å². The number of rotatable bonds is 2. The second kappa shape index (κ2) is 3.06. The van der Waals surface area contributed by atoms with E-state index in [1.165, 1.54) is 5.56 Å². The predicted molar refractivity (Wildman–Crippen MR) is 52.8 cm³/mol. The lowest BCUT2D eigenvalue weighted by molar-refractivity contribution is 0.882. The summed E-state index contributed by atoms with van der Waals surface area (Å²) in [5.41, 5.74) is 1.04. The van der Waals surface area contributed by atoms with Crippen molar-refractivity contribution in [2.24, 2.45) is 5.41 Å². The minimum Gasteiger partial charge on any atom is -0.197 e. The summed E-state index contributed by atoms with van der Waals surface area (Å²) in [5, 5.41) is 8.83. The van der Waals surface area contributed by atoms with Gasteiger partial charge in [-0.3, -0.25) is 0 Å². The molecule has 2 rings (SSSR count). The van der Waals surface area contributed by atoms with E-state index < -0.39 is 0 Å². The van der Waals surface area contributed by atoms with Gasteiger partial charge in [-0.1, -0.05) is 42.5 Å². The van der Waals surface area contributed by atoms with Crippen LogP contribution in [0.2, 0.25) is 0 Å². The van der Waals surface area contributed by atoms with Crippen LogP contribution >= 0.6 is 0 Å². The van der Waals surface area contributed by atoms with Crippen molar-refractivity contribution < 1.29 is 0 Å². The number of allylic oxidation sites excluding steroid dienone is 1. The molecule has 0 spiro atoms. The minimum absolute atomic E-state index is 0.129. The summed E-state index contributed by atoms with van der Waals surface area (Å²) >= 11 is 0. The molecule has 13 heavy (non-hydrogen) atoms. The molecular weight excluding hydrogens is 158 g/mol. The molecule has 0 atom stereocenters. The lowest BCUT2D eigenvalue weighted by Gasteiger charge is -1.95. The Bertz CT molecular complexity index is 352. The van der Waals surface area contributed by atoms with Gasteiger partial charge in [-0.2, -0.15) is 5.26 Å². The SMILES string of the molecule is N#CC1(C=Cc2ccccc2)CC1. The first-order valence-corrected chi connectivity index (χ1v) is 4.50. The first kappa shape index (κ1) is 8.07. The van der Waals surface area contributed by atoms with Crippen molar-refractivity contribution in [3.8, 4) is 6.07 Å². The zero-order valence-corrected chi connectivity index (χ0v) is 7.40. The third-order valence-electron chi connectivity index (χ3n) is 2.41. The van der Waals surface area contributed by atoms with Crippen molar-refractivity contribution in [1.29, 1.82) is 5.26 Å². The van der Waals surface area contributed by atoms with Crippen molar-refractivity contribution in [3.63, 3.8) is 0 Å². The summed E-state index contributed by atoms with van der Waals surface area (Å²) in [6.45, 7) is 0. The Hall–Kier alpha value is -1.55. The molecular formula is C12H11N. The molecule has 0 N–H and O–H groups in total. The third kappa shape index (κ3) is 1.78. The van der Waals surface area contributed by atoms with Crippen molar-refractivity contribution in [2.75, 3.05) is 0 Å². The third-order valence-corrected chi connectivity index (χ3v) is 2.41. The summed E-state index contributed by atoms with van der Waals surface area (Å²) < 4.78 is 0. The number of hydrogen-bond acceptors (Lipinski definition) is 1. The van der Waals surface area contributed by atoms with E-state index in [4.69, 9.17) is 5.26 Å². The Morgan fingerprint density at radius 2 is 1.92 bits per heavy atom. The van der Waals surface area contributed by atoms with Crippen LogP contribution in [-0.2, 0) is 0 Å². The number of hydrogen-bond donors (Lipinski definition) is 0. The molecule has 1 nitrogen and oxygen atoms in total. The quantitative estimate of drug-likeness (QED) is 0.667. The zero-order chi connectivity index (χ0) is 9.15. The summed E-state index contributed by atoms with van der Waals surface area (Å²) in [4.78, 5) is 0. The van der Waals surface area contributed by atoms with E-state index in [0.717, 1.165) is 12.8 Å². The van der Waals surface area contributed by atoms with Gasteiger partial charge in [0, 0.05) is 0 Å². The van der Waals surface area contributed by atoms with E-state index in [0.29, 0.717) is 0 Å². The second-order valence-electron chi connectivity index (χ2n) is 3.51. The summed E-state index contributed by atoms with van der Waals surface area (Å²) in [6, 6.07) is 12.4. The largest absolute Gasteiger partial charge is 0.197 e. The first-order valence-electron chi connectivity index (χ1n) is 4.50. The van der Waals surface area contributed by atoms with Crippen molar-refractivity contribution in [2.45, 2.75) is 12.8 Å². The fourth-order valence-electron chi connectivity index (χ4n) is 1.27. The number of nitrogens with zero attached hydrogens (tertiary/aromatic N) is 1. The number of nitriles is 1. The Morgan fingerprint density at radius 3 is 2.46 bits per heavy atom. The highest BCUT2D eigenvalue weighted by atomic mass is 14.5. The molecule has 1 saturated carbocycles. The van der Waals surface area contributed by atoms with Gasteiger partial charge in [-0.05, 0) is 18.4 Å². The standard InChI is InChI=1S/C12H11N/c13-10-12(8-9-12)7-6-11-4-2-1-3-5-11/h1-7H,8-9H2. The first-order chi connectivity index (χ1) is 6.35. The maximum Gasteiger partial charge on any atom is 0.0758 e. The van der Waals surface area contributed by atoms with E-state index in [-0.39, 0.29) is 5.41 Å². The molecule has 0 aliphatic heterocycles. The van der Waals surface area contributed by atoms with Crippen LogP contribution in [0.15, 0.2) is 36.4 Å². The van der Waals surface area contributed by atoms with Crippen molar-refractivity contribution in [3.05, 3.63) is 42.0 Å². The molecule has 1 fully saturated rings. The van der Waals surface area contributed by atoms with Gasteiger partial charge in [-0.15, -0.1) is 0 Å². The van der Waals surface area contributed by atoms with E-state index in [1.807, 2.05) is 42.5 Å². The van der Waals surface area contributed by atoms with Gasteiger partial charge in [0.25, 0.3) is 0 Å². The summed E-state index contributed by atoms with van der Waals surface area (Å²) in [7, 11) is 0. The zero-order valence-electron chi connectivity index (χ0n) is 7.40. The molecule has 0 unspecified atom stereocenters. The van der Waals surface area contributed by atoms with Crippen molar-refractivity contribution >= 4 is 6.08 Å². The van der Waals surface area contributed by atoms with Crippen LogP contribution in [-0.4, -0.2) is 0 Å². The van der Waals surface area contributed by atoms with Crippen LogP contribution < -0.4 is 0 Å². The maximum absolute atomic E-state index is 8.83. The van der Waals surface area contributed by atoms with Crippen LogP contribution in [0.5, 0.6) is 0 Å². The molecule has 64 valence electrons. The highest BCUT2D eigenvalue weighted by Gasteiger charge is 2.40. The fraction of sp³-hybridized carbons (Fsp3) is 0.250. The summed E-state index contributed by atoms with van der Waals surface area (Å²) in [6.07, 6.45) is 6.11. The smallest absolute Gasteiger partial charge is 0.0758 e. The molecule has 0 aromatic heterocycles. The molecule has 0 bridgehead atoms. The fourth-order valence-corrected chi connectivity index (χ4v) is 1.27. The molecule has 0 amide bonds. The lowest BCUT2D eigenvalue weighted by atomic mass is 10.1. The second-order valence-corrected chi connectivity index (χ2v) is 3.51. The average Bonchev–Trinajstić information content (AvgIpc) is 2.97. The van der Waals surface area contributed by atoms with Crippen LogP contribution in [0.4, 0.5) is 0 Å². The molecule has 1 aromatic rings. The van der Waals surface area contributed by atoms with Crippen molar-refractivity contribution in [1.82, 2.24) is 0 Å².